The van der Waals surface area contributed by atoms with Gasteiger partial charge in [-0.25, -0.2) is 4.98 Å². The Balaban J connectivity index is 2.32. The Morgan fingerprint density at radius 1 is 1.50 bits per heavy atom. The Bertz CT molecular complexity index is 789. The van der Waals surface area contributed by atoms with E-state index in [1.54, 1.807) is 23.6 Å². The molecule has 0 atom stereocenters. The Hall–Kier alpha value is -3.19. The molecule has 0 unspecified atom stereocenters. The Labute approximate surface area is 128 Å². The van der Waals surface area contributed by atoms with Crippen molar-refractivity contribution in [1.82, 2.24) is 9.97 Å². The van der Waals surface area contributed by atoms with Crippen molar-refractivity contribution in [3.8, 4) is 5.40 Å². The zero-order chi connectivity index (χ0) is 16.1. The number of thiocyanates is 1. The van der Waals surface area contributed by atoms with E-state index in [2.05, 4.69) is 15.3 Å². The number of anilines is 2. The molecule has 0 aliphatic heterocycles. The third-order valence-electron chi connectivity index (χ3n) is 2.48. The highest BCUT2D eigenvalue weighted by molar-refractivity contribution is 8.03. The Morgan fingerprint density at radius 2 is 2.27 bits per heavy atom. The van der Waals surface area contributed by atoms with Gasteiger partial charge in [0.05, 0.1) is 4.92 Å². The molecule has 0 radical (unpaired) electrons. The summed E-state index contributed by atoms with van der Waals surface area (Å²) in [7, 11) is 0. The summed E-state index contributed by atoms with van der Waals surface area (Å²) >= 11 is 0.562. The Kier molecular flexibility index (Phi) is 4.50. The van der Waals surface area contributed by atoms with Gasteiger partial charge in [-0.05, 0) is 18.2 Å². The molecular weight excluding hydrogens is 308 g/mol. The van der Waals surface area contributed by atoms with Crippen LogP contribution in [0, 0.1) is 20.8 Å². The fourth-order valence-electron chi connectivity index (χ4n) is 1.54. The van der Waals surface area contributed by atoms with Crippen LogP contribution in [0.15, 0.2) is 35.5 Å². The summed E-state index contributed by atoms with van der Waals surface area (Å²) in [6, 6.07) is 6.29. The van der Waals surface area contributed by atoms with Crippen molar-refractivity contribution in [3.05, 3.63) is 46.1 Å². The van der Waals surface area contributed by atoms with Crippen LogP contribution in [0.1, 0.15) is 10.4 Å². The van der Waals surface area contributed by atoms with Crippen LogP contribution in [0.5, 0.6) is 0 Å². The molecular formula is C12H8N6O3S. The van der Waals surface area contributed by atoms with E-state index >= 15 is 0 Å². The molecule has 0 spiro atoms. The van der Waals surface area contributed by atoms with E-state index in [4.69, 9.17) is 11.0 Å². The molecule has 0 aliphatic carbocycles. The second-order valence-corrected chi connectivity index (χ2v) is 4.68. The number of primary amides is 1. The predicted octanol–water partition coefficient (Wildman–Crippen LogP) is 1.80. The first kappa shape index (κ1) is 15.2. The molecule has 0 aliphatic rings. The molecule has 10 heteroatoms. The number of thioether (sulfide) groups is 1. The number of aromatic nitrogens is 2. The lowest BCUT2D eigenvalue weighted by Gasteiger charge is -2.06. The summed E-state index contributed by atoms with van der Waals surface area (Å²) in [6.07, 6.45) is 1.01. The van der Waals surface area contributed by atoms with Crippen LogP contribution in [0.2, 0.25) is 0 Å². The molecule has 1 aromatic heterocycles. The number of carbonyl (C=O) groups is 1. The van der Waals surface area contributed by atoms with Crippen LogP contribution in [-0.2, 0) is 0 Å². The third kappa shape index (κ3) is 3.47. The SMILES string of the molecule is N#CSc1nc(Nc2cccc(C(N)=O)c2)ncc1[N+](=O)[O-]. The van der Waals surface area contributed by atoms with Crippen LogP contribution in [0.4, 0.5) is 17.3 Å². The fraction of sp³-hybridized carbons (Fsp3) is 0. The van der Waals surface area contributed by atoms with E-state index in [1.165, 1.54) is 6.07 Å². The van der Waals surface area contributed by atoms with E-state index in [0.717, 1.165) is 6.20 Å². The van der Waals surface area contributed by atoms with Gasteiger partial charge >= 0.3 is 5.69 Å². The summed E-state index contributed by atoms with van der Waals surface area (Å²) in [4.78, 5) is 29.0. The third-order valence-corrected chi connectivity index (χ3v) is 3.06. The highest BCUT2D eigenvalue weighted by Gasteiger charge is 2.18. The van der Waals surface area contributed by atoms with Gasteiger partial charge in [-0.3, -0.25) is 14.9 Å². The van der Waals surface area contributed by atoms with Gasteiger partial charge in [0.2, 0.25) is 11.9 Å². The molecule has 1 heterocycles. The minimum absolute atomic E-state index is 0.0602. The number of carbonyl (C=O) groups excluding carboxylic acids is 1. The van der Waals surface area contributed by atoms with Crippen LogP contribution >= 0.6 is 11.8 Å². The monoisotopic (exact) mass is 316 g/mol. The molecule has 9 nitrogen and oxygen atoms in total. The number of benzene rings is 1. The molecule has 1 aromatic carbocycles. The predicted molar refractivity (Wildman–Crippen MR) is 78.4 cm³/mol. The van der Waals surface area contributed by atoms with Crippen LogP contribution in [0.25, 0.3) is 0 Å². The zero-order valence-electron chi connectivity index (χ0n) is 10.9. The fourth-order valence-corrected chi connectivity index (χ4v) is 1.99. The topological polar surface area (TPSA) is 148 Å². The number of hydrogen-bond acceptors (Lipinski definition) is 8. The van der Waals surface area contributed by atoms with E-state index in [0.29, 0.717) is 23.0 Å². The lowest BCUT2D eigenvalue weighted by atomic mass is 10.2. The highest BCUT2D eigenvalue weighted by atomic mass is 32.2. The normalized spacial score (nSPS) is 9.77. The summed E-state index contributed by atoms with van der Waals surface area (Å²) in [5.41, 5.74) is 5.60. The number of nitrogens with zero attached hydrogens (tertiary/aromatic N) is 4. The Morgan fingerprint density at radius 3 is 2.91 bits per heavy atom. The molecule has 1 amide bonds. The number of amides is 1. The van der Waals surface area contributed by atoms with Gasteiger partial charge in [-0.15, -0.1) is 0 Å². The van der Waals surface area contributed by atoms with Gasteiger partial charge in [-0.1, -0.05) is 6.07 Å². The van der Waals surface area contributed by atoms with Gasteiger partial charge in [-0.2, -0.15) is 10.2 Å². The lowest BCUT2D eigenvalue weighted by Crippen LogP contribution is -2.11. The van der Waals surface area contributed by atoms with E-state index in [9.17, 15) is 14.9 Å². The van der Waals surface area contributed by atoms with Crippen LogP contribution in [-0.4, -0.2) is 20.8 Å². The summed E-state index contributed by atoms with van der Waals surface area (Å²) in [5, 5.41) is 23.9. The van der Waals surface area contributed by atoms with Crippen molar-refractivity contribution in [3.63, 3.8) is 0 Å². The standard InChI is InChI=1S/C12H8N6O3S/c13-6-22-11-9(18(20)21)5-15-12(17-11)16-8-3-1-2-7(4-8)10(14)19/h1-5H,(H2,14,19)(H,15,16,17). The first-order valence-corrected chi connectivity index (χ1v) is 6.57. The summed E-state index contributed by atoms with van der Waals surface area (Å²) in [5.74, 6) is -0.529. The number of nitro groups is 1. The maximum atomic E-state index is 11.1. The van der Waals surface area contributed by atoms with Crippen molar-refractivity contribution in [2.45, 2.75) is 5.03 Å². The number of hydrogen-bond donors (Lipinski definition) is 2. The van der Waals surface area contributed by atoms with Gasteiger partial charge in [0.25, 0.3) is 0 Å². The molecule has 2 aromatic rings. The second-order valence-electron chi connectivity index (χ2n) is 3.90. The summed E-state index contributed by atoms with van der Waals surface area (Å²) in [6.45, 7) is 0. The largest absolute Gasteiger partial charge is 0.366 e. The van der Waals surface area contributed by atoms with Crippen molar-refractivity contribution >= 4 is 35.0 Å². The molecule has 22 heavy (non-hydrogen) atoms. The van der Waals surface area contributed by atoms with Crippen molar-refractivity contribution in [1.29, 1.82) is 5.26 Å². The molecule has 0 saturated heterocycles. The average Bonchev–Trinajstić information content (AvgIpc) is 2.48. The van der Waals surface area contributed by atoms with Crippen molar-refractivity contribution in [2.75, 3.05) is 5.32 Å². The van der Waals surface area contributed by atoms with E-state index in [1.807, 2.05) is 0 Å². The zero-order valence-corrected chi connectivity index (χ0v) is 11.7. The smallest absolute Gasteiger partial charge is 0.320 e. The van der Waals surface area contributed by atoms with Crippen molar-refractivity contribution in [2.24, 2.45) is 5.73 Å². The van der Waals surface area contributed by atoms with Gasteiger partial charge in [0.15, 0.2) is 5.03 Å². The quantitative estimate of drug-likeness (QED) is 0.279. The minimum atomic E-state index is -0.669. The lowest BCUT2D eigenvalue weighted by molar-refractivity contribution is -0.388. The molecule has 3 N–H and O–H groups in total. The number of nitriles is 1. The first-order chi connectivity index (χ1) is 10.5. The van der Waals surface area contributed by atoms with E-state index in [-0.39, 0.29) is 16.7 Å². The number of nitrogens with one attached hydrogen (secondary N) is 1. The van der Waals surface area contributed by atoms with Gasteiger partial charge in [0.1, 0.15) is 11.6 Å². The van der Waals surface area contributed by atoms with Gasteiger partial charge < -0.3 is 11.1 Å². The van der Waals surface area contributed by atoms with Crippen LogP contribution < -0.4 is 11.1 Å². The molecule has 110 valence electrons. The van der Waals surface area contributed by atoms with Crippen LogP contribution in [0.3, 0.4) is 0 Å². The molecule has 2 rings (SSSR count). The average molecular weight is 316 g/mol. The maximum Gasteiger partial charge on any atom is 0.320 e. The van der Waals surface area contributed by atoms with E-state index < -0.39 is 10.8 Å². The first-order valence-electron chi connectivity index (χ1n) is 5.75. The van der Waals surface area contributed by atoms with Gasteiger partial charge in [0, 0.05) is 23.0 Å². The van der Waals surface area contributed by atoms with Crippen molar-refractivity contribution < 1.29 is 9.72 Å². The highest BCUT2D eigenvalue weighted by Crippen LogP contribution is 2.27. The molecule has 0 fully saturated rings. The molecule has 0 saturated carbocycles. The number of nitrogens with two attached hydrogens (primary N) is 1. The maximum absolute atomic E-state index is 11.1. The summed E-state index contributed by atoms with van der Waals surface area (Å²) < 4.78 is 0. The number of rotatable bonds is 5. The molecule has 0 bridgehead atoms. The second kappa shape index (κ2) is 6.51. The minimum Gasteiger partial charge on any atom is -0.366 e.